The number of hydrazone groups is 1. The van der Waals surface area contributed by atoms with Crippen molar-refractivity contribution in [3.63, 3.8) is 0 Å². The van der Waals surface area contributed by atoms with Crippen molar-refractivity contribution in [1.82, 2.24) is 19.5 Å². The van der Waals surface area contributed by atoms with Crippen LogP contribution in [-0.2, 0) is 21.4 Å². The normalized spacial score (nSPS) is 17.4. The van der Waals surface area contributed by atoms with E-state index in [4.69, 9.17) is 33.8 Å². The zero-order valence-electron chi connectivity index (χ0n) is 27.5. The van der Waals surface area contributed by atoms with E-state index in [2.05, 4.69) is 15.4 Å². The molecule has 2 aliphatic rings. The summed E-state index contributed by atoms with van der Waals surface area (Å²) in [6.45, 7) is 3.51. The number of sulfonamides is 1. The quantitative estimate of drug-likeness (QED) is 0.123. The first-order chi connectivity index (χ1) is 24.1. The number of carbonyl (C=O) groups excluding carboxylic acids is 2. The number of pyridine rings is 1. The number of hydrogen-bond donors (Lipinski definition) is 2. The number of rotatable bonds is 10. The van der Waals surface area contributed by atoms with Crippen LogP contribution >= 0.6 is 23.2 Å². The van der Waals surface area contributed by atoms with E-state index in [0.717, 1.165) is 29.5 Å². The van der Waals surface area contributed by atoms with Gasteiger partial charge in [0.2, 0.25) is 15.9 Å². The fourth-order valence-electron chi connectivity index (χ4n) is 6.49. The Hall–Kier alpha value is -4.23. The molecule has 2 saturated heterocycles. The number of fused-ring (bicyclic) bond motifs is 1. The number of nitrogens with zero attached hydrogens (tertiary/aromatic N) is 4. The summed E-state index contributed by atoms with van der Waals surface area (Å²) < 4.78 is 35.3. The maximum Gasteiger partial charge on any atom is 0.253 e. The number of nitrogens with one attached hydrogen (secondary N) is 1. The van der Waals surface area contributed by atoms with Gasteiger partial charge in [-0.25, -0.2) is 13.4 Å². The molecular weight excluding hydrogens is 699 g/mol. The number of ether oxygens (including phenoxy) is 1. The number of halogens is 2. The van der Waals surface area contributed by atoms with Gasteiger partial charge in [-0.05, 0) is 80.5 Å². The predicted molar refractivity (Wildman–Crippen MR) is 194 cm³/mol. The molecule has 0 spiro atoms. The largest absolute Gasteiger partial charge is 0.487 e. The molecule has 3 heterocycles. The SMILES string of the molecule is Cc1ccc2cccc(OCc3c(Cl)ccc(S(=O)(=O)N4CCC[C@H]4C(=O)NCC4CCN(C(=O)c5ccc(C=NN)cc5)CC4)c3Cl)c2n1. The molecule has 0 unspecified atom stereocenters. The number of benzene rings is 3. The highest BCUT2D eigenvalue weighted by Crippen LogP contribution is 2.36. The van der Waals surface area contributed by atoms with Crippen LogP contribution in [-0.4, -0.2) is 72.9 Å². The fourth-order valence-corrected chi connectivity index (χ4v) is 9.01. The molecule has 4 aromatic rings. The van der Waals surface area contributed by atoms with Crippen LogP contribution in [0.4, 0.5) is 0 Å². The zero-order valence-corrected chi connectivity index (χ0v) is 29.8. The molecule has 0 bridgehead atoms. The van der Waals surface area contributed by atoms with E-state index >= 15 is 0 Å². The number of likely N-dealkylation sites (tertiary alicyclic amines) is 1. The van der Waals surface area contributed by atoms with Crippen molar-refractivity contribution >= 4 is 62.2 Å². The van der Waals surface area contributed by atoms with Gasteiger partial charge in [-0.15, -0.1) is 0 Å². The molecule has 2 amide bonds. The lowest BCUT2D eigenvalue weighted by Crippen LogP contribution is -2.48. The molecule has 3 N–H and O–H groups in total. The van der Waals surface area contributed by atoms with Crippen molar-refractivity contribution in [2.24, 2.45) is 16.9 Å². The van der Waals surface area contributed by atoms with E-state index in [1.807, 2.05) is 36.1 Å². The maximum atomic E-state index is 14.0. The molecular formula is C36H38Cl2N6O5S. The smallest absolute Gasteiger partial charge is 0.253 e. The Bertz CT molecular complexity index is 2040. The lowest BCUT2D eigenvalue weighted by molar-refractivity contribution is -0.124. The summed E-state index contributed by atoms with van der Waals surface area (Å²) in [4.78, 5) is 32.7. The van der Waals surface area contributed by atoms with Crippen molar-refractivity contribution < 1.29 is 22.7 Å². The Labute approximate surface area is 301 Å². The first-order valence-electron chi connectivity index (χ1n) is 16.4. The second kappa shape index (κ2) is 15.3. The number of aryl methyl sites for hydroxylation is 1. The third-order valence-electron chi connectivity index (χ3n) is 9.29. The Morgan fingerprint density at radius 2 is 1.78 bits per heavy atom. The highest BCUT2D eigenvalue weighted by atomic mass is 35.5. The lowest BCUT2D eigenvalue weighted by Gasteiger charge is -2.32. The third kappa shape index (κ3) is 7.58. The Balaban J connectivity index is 1.07. The van der Waals surface area contributed by atoms with Crippen LogP contribution < -0.4 is 15.9 Å². The van der Waals surface area contributed by atoms with E-state index in [0.29, 0.717) is 54.9 Å². The summed E-state index contributed by atoms with van der Waals surface area (Å²) >= 11 is 13.3. The topological polar surface area (TPSA) is 147 Å². The Morgan fingerprint density at radius 1 is 1.02 bits per heavy atom. The van der Waals surface area contributed by atoms with Gasteiger partial charge in [0.15, 0.2) is 0 Å². The summed E-state index contributed by atoms with van der Waals surface area (Å²) in [5.41, 5.74) is 3.23. The van der Waals surface area contributed by atoms with E-state index < -0.39 is 16.1 Å². The second-order valence-electron chi connectivity index (χ2n) is 12.6. The molecule has 1 atom stereocenters. The van der Waals surface area contributed by atoms with Crippen LogP contribution in [0, 0.1) is 12.8 Å². The van der Waals surface area contributed by atoms with Crippen LogP contribution in [0.15, 0.2) is 76.7 Å². The maximum absolute atomic E-state index is 14.0. The molecule has 3 aromatic carbocycles. The molecule has 1 aromatic heterocycles. The molecule has 0 aliphatic carbocycles. The van der Waals surface area contributed by atoms with Crippen molar-refractivity contribution in [3.05, 3.63) is 99.2 Å². The highest BCUT2D eigenvalue weighted by molar-refractivity contribution is 7.89. The van der Waals surface area contributed by atoms with Crippen molar-refractivity contribution in [1.29, 1.82) is 0 Å². The minimum atomic E-state index is -4.16. The number of piperidine rings is 1. The van der Waals surface area contributed by atoms with Crippen molar-refractivity contribution in [2.75, 3.05) is 26.2 Å². The van der Waals surface area contributed by atoms with Gasteiger partial charge < -0.3 is 20.8 Å². The van der Waals surface area contributed by atoms with Crippen LogP contribution in [0.1, 0.15) is 52.9 Å². The summed E-state index contributed by atoms with van der Waals surface area (Å²) in [6, 6.07) is 18.5. The van der Waals surface area contributed by atoms with Gasteiger partial charge in [0, 0.05) is 53.4 Å². The van der Waals surface area contributed by atoms with Crippen LogP contribution in [0.25, 0.3) is 10.9 Å². The fraction of sp³-hybridized carbons (Fsp3) is 0.333. The third-order valence-corrected chi connectivity index (χ3v) is 12.1. The lowest BCUT2D eigenvalue weighted by atomic mass is 9.96. The number of nitrogens with two attached hydrogens (primary N) is 1. The summed E-state index contributed by atoms with van der Waals surface area (Å²) in [5.74, 6) is 5.47. The average Bonchev–Trinajstić information content (AvgIpc) is 3.62. The molecule has 6 rings (SSSR count). The molecule has 2 aliphatic heterocycles. The molecule has 2 fully saturated rings. The van der Waals surface area contributed by atoms with Gasteiger partial charge in [0.05, 0.1) is 11.2 Å². The van der Waals surface area contributed by atoms with Gasteiger partial charge in [0.1, 0.15) is 28.8 Å². The number of para-hydroxylation sites is 1. The van der Waals surface area contributed by atoms with Crippen molar-refractivity contribution in [2.45, 2.75) is 50.2 Å². The first-order valence-corrected chi connectivity index (χ1v) is 18.6. The Morgan fingerprint density at radius 3 is 2.52 bits per heavy atom. The van der Waals surface area contributed by atoms with Gasteiger partial charge in [0.25, 0.3) is 5.91 Å². The minimum absolute atomic E-state index is 0.0467. The van der Waals surface area contributed by atoms with Gasteiger partial charge in [-0.3, -0.25) is 9.59 Å². The molecule has 0 radical (unpaired) electrons. The van der Waals surface area contributed by atoms with E-state index in [-0.39, 0.29) is 45.8 Å². The van der Waals surface area contributed by atoms with E-state index in [1.54, 1.807) is 30.3 Å². The van der Waals surface area contributed by atoms with E-state index in [1.165, 1.54) is 22.7 Å². The number of aromatic nitrogens is 1. The van der Waals surface area contributed by atoms with Gasteiger partial charge in [-0.2, -0.15) is 9.41 Å². The van der Waals surface area contributed by atoms with Crippen LogP contribution in [0.2, 0.25) is 10.0 Å². The monoisotopic (exact) mass is 736 g/mol. The highest BCUT2D eigenvalue weighted by Gasteiger charge is 2.41. The summed E-state index contributed by atoms with van der Waals surface area (Å²) in [5, 5.41) is 7.60. The van der Waals surface area contributed by atoms with Gasteiger partial charge in [-0.1, -0.05) is 53.5 Å². The summed E-state index contributed by atoms with van der Waals surface area (Å²) in [7, 11) is -4.16. The van der Waals surface area contributed by atoms with Crippen LogP contribution in [0.5, 0.6) is 5.75 Å². The molecule has 50 heavy (non-hydrogen) atoms. The predicted octanol–water partition coefficient (Wildman–Crippen LogP) is 5.54. The molecule has 14 heteroatoms. The summed E-state index contributed by atoms with van der Waals surface area (Å²) in [6.07, 6.45) is 3.88. The number of carbonyl (C=O) groups is 2. The Kier molecular flexibility index (Phi) is 10.9. The number of amides is 2. The van der Waals surface area contributed by atoms with Crippen molar-refractivity contribution in [3.8, 4) is 5.75 Å². The average molecular weight is 738 g/mol. The molecule has 0 saturated carbocycles. The second-order valence-corrected chi connectivity index (χ2v) is 15.2. The van der Waals surface area contributed by atoms with E-state index in [9.17, 15) is 18.0 Å². The first kappa shape index (κ1) is 35.6. The molecule has 11 nitrogen and oxygen atoms in total. The zero-order chi connectivity index (χ0) is 35.4. The minimum Gasteiger partial charge on any atom is -0.487 e. The standard InChI is InChI=1S/C36H38Cl2N6O5S/c1-23-7-10-26-4-2-6-31(34(26)42-23)49-22-28-29(37)13-14-32(33(28)38)50(47,48)44-17-3-5-30(44)35(45)40-20-25-15-18-43(19-16-25)36(46)27-11-8-24(9-12-27)21-41-39/h2,4,6-14,21,25,30H,3,5,15-20,22,39H2,1H3,(H,40,45)/t30-/m0/s1. The molecule has 262 valence electrons. The number of hydrogen-bond acceptors (Lipinski definition) is 8. The van der Waals surface area contributed by atoms with Gasteiger partial charge >= 0.3 is 0 Å². The van der Waals surface area contributed by atoms with Crippen LogP contribution in [0.3, 0.4) is 0 Å².